The lowest BCUT2D eigenvalue weighted by molar-refractivity contribution is -0.133. The minimum atomic E-state index is -0.408. The van der Waals surface area contributed by atoms with Gasteiger partial charge in [0.15, 0.2) is 5.65 Å². The lowest BCUT2D eigenvalue weighted by Crippen LogP contribution is -2.34. The summed E-state index contributed by atoms with van der Waals surface area (Å²) >= 11 is 1.53. The van der Waals surface area contributed by atoms with Crippen molar-refractivity contribution in [3.8, 4) is 0 Å². The molecule has 33 heavy (non-hydrogen) atoms. The molecule has 1 aromatic carbocycles. The molecule has 1 atom stereocenters. The monoisotopic (exact) mass is 466 g/mol. The van der Waals surface area contributed by atoms with E-state index >= 15 is 0 Å². The van der Waals surface area contributed by atoms with Gasteiger partial charge in [0.05, 0.1) is 36.0 Å². The smallest absolute Gasteiger partial charge is 0.264 e. The molecular weight excluding hydrogens is 447 g/mol. The van der Waals surface area contributed by atoms with E-state index in [1.165, 1.54) is 50.3 Å². The second-order valence-electron chi connectivity index (χ2n) is 7.54. The summed E-state index contributed by atoms with van der Waals surface area (Å²) < 4.78 is 16.1. The minimum Gasteiger partial charge on any atom is -0.394 e. The van der Waals surface area contributed by atoms with Crippen molar-refractivity contribution in [3.63, 3.8) is 0 Å². The number of aliphatic hydroxyl groups excluding tert-OH is 1. The van der Waals surface area contributed by atoms with Crippen LogP contribution in [0.2, 0.25) is 0 Å². The van der Waals surface area contributed by atoms with E-state index in [1.807, 2.05) is 17.5 Å². The molecular formula is C22H19FN6O3S. The third kappa shape index (κ3) is 3.96. The normalized spacial score (nSPS) is 15.9. The molecule has 0 unspecified atom stereocenters. The van der Waals surface area contributed by atoms with Gasteiger partial charge < -0.3 is 5.11 Å². The molecule has 1 amide bonds. The molecule has 11 heteroatoms. The number of amides is 1. The molecule has 4 aromatic rings. The number of hydrogen-bond donors (Lipinski definition) is 1. The Morgan fingerprint density at radius 3 is 2.79 bits per heavy atom. The van der Waals surface area contributed by atoms with Gasteiger partial charge in [0, 0.05) is 6.42 Å². The Labute approximate surface area is 191 Å². The van der Waals surface area contributed by atoms with Crippen molar-refractivity contribution in [3.05, 3.63) is 80.9 Å². The number of nitrogens with zero attached hydrogens (tertiary/aromatic N) is 6. The number of carbonyl (C=O) groups excluding carboxylic acids is 1. The molecule has 1 aliphatic heterocycles. The van der Waals surface area contributed by atoms with E-state index in [-0.39, 0.29) is 36.8 Å². The van der Waals surface area contributed by atoms with E-state index in [0.29, 0.717) is 12.1 Å². The van der Waals surface area contributed by atoms with Gasteiger partial charge in [-0.15, -0.1) is 11.3 Å². The summed E-state index contributed by atoms with van der Waals surface area (Å²) in [7, 11) is 0. The van der Waals surface area contributed by atoms with Crippen molar-refractivity contribution in [1.82, 2.24) is 24.3 Å². The number of hydrazone groups is 1. The van der Waals surface area contributed by atoms with Crippen LogP contribution < -0.4 is 5.56 Å². The van der Waals surface area contributed by atoms with Gasteiger partial charge >= 0.3 is 0 Å². The van der Waals surface area contributed by atoms with E-state index in [4.69, 9.17) is 5.11 Å². The first-order chi connectivity index (χ1) is 16.0. The number of fused-ring (bicyclic) bond motifs is 1. The van der Waals surface area contributed by atoms with E-state index in [0.717, 1.165) is 16.2 Å². The van der Waals surface area contributed by atoms with Gasteiger partial charge in [-0.05, 0) is 29.1 Å². The lowest BCUT2D eigenvalue weighted by Gasteiger charge is -2.22. The summed E-state index contributed by atoms with van der Waals surface area (Å²) in [6, 6.07) is 9.43. The molecule has 1 aliphatic rings. The quantitative estimate of drug-likeness (QED) is 0.469. The van der Waals surface area contributed by atoms with Crippen LogP contribution in [0.4, 0.5) is 4.39 Å². The minimum absolute atomic E-state index is 0.135. The number of rotatable bonds is 6. The van der Waals surface area contributed by atoms with E-state index in [2.05, 4.69) is 15.2 Å². The first kappa shape index (κ1) is 21.2. The maximum Gasteiger partial charge on any atom is 0.264 e. The van der Waals surface area contributed by atoms with E-state index < -0.39 is 11.6 Å². The van der Waals surface area contributed by atoms with Gasteiger partial charge in [-0.25, -0.2) is 19.1 Å². The van der Waals surface area contributed by atoms with E-state index in [1.54, 1.807) is 12.1 Å². The zero-order valence-corrected chi connectivity index (χ0v) is 18.2. The van der Waals surface area contributed by atoms with Gasteiger partial charge in [-0.1, -0.05) is 18.2 Å². The van der Waals surface area contributed by atoms with Crippen LogP contribution in [0, 0.1) is 5.82 Å². The maximum absolute atomic E-state index is 13.5. The van der Waals surface area contributed by atoms with Gasteiger partial charge in [-0.3, -0.25) is 14.2 Å². The van der Waals surface area contributed by atoms with Crippen molar-refractivity contribution >= 4 is 34.0 Å². The van der Waals surface area contributed by atoms with Gasteiger partial charge in [0.25, 0.3) is 11.5 Å². The van der Waals surface area contributed by atoms with Crippen LogP contribution in [0.5, 0.6) is 0 Å². The molecule has 168 valence electrons. The molecule has 0 aliphatic carbocycles. The molecule has 4 heterocycles. The number of halogens is 1. The predicted molar refractivity (Wildman–Crippen MR) is 120 cm³/mol. The Morgan fingerprint density at radius 2 is 2.06 bits per heavy atom. The first-order valence-electron chi connectivity index (χ1n) is 10.3. The Hall–Kier alpha value is -3.70. The fourth-order valence-corrected chi connectivity index (χ4v) is 4.58. The summed E-state index contributed by atoms with van der Waals surface area (Å²) in [5.74, 6) is -0.747. The zero-order chi connectivity index (χ0) is 22.9. The molecule has 0 spiro atoms. The standard InChI is InChI=1S/C22H19FN6O3S/c23-15-5-3-14(4-6-15)18-10-17(19-2-1-9-33-19)26-29(18)20(31)12-27-13-24-21-16(22(27)32)11-25-28(21)7-8-30/h1-6,9,11,13,18,30H,7-8,10,12H2/t18-/m1/s1. The van der Waals surface area contributed by atoms with Crippen molar-refractivity contribution in [2.75, 3.05) is 6.61 Å². The van der Waals surface area contributed by atoms with E-state index in [9.17, 15) is 14.0 Å². The van der Waals surface area contributed by atoms with Crippen LogP contribution in [-0.4, -0.2) is 47.7 Å². The first-order valence-corrected chi connectivity index (χ1v) is 11.1. The van der Waals surface area contributed by atoms with Gasteiger partial charge in [0.1, 0.15) is 24.1 Å². The molecule has 0 saturated carbocycles. The molecule has 1 N–H and O–H groups in total. The van der Waals surface area contributed by atoms with Crippen molar-refractivity contribution in [1.29, 1.82) is 0 Å². The zero-order valence-electron chi connectivity index (χ0n) is 17.3. The largest absolute Gasteiger partial charge is 0.394 e. The highest BCUT2D eigenvalue weighted by molar-refractivity contribution is 7.12. The van der Waals surface area contributed by atoms with Crippen LogP contribution in [0.15, 0.2) is 64.2 Å². The fourth-order valence-electron chi connectivity index (χ4n) is 3.86. The Morgan fingerprint density at radius 1 is 1.24 bits per heavy atom. The number of hydrogen-bond acceptors (Lipinski definition) is 7. The SMILES string of the molecule is O=C(Cn1cnc2c(cnn2CCO)c1=O)N1N=C(c2cccs2)C[C@@H]1c1ccc(F)cc1. The van der Waals surface area contributed by atoms with Crippen LogP contribution in [0.3, 0.4) is 0 Å². The number of benzene rings is 1. The third-order valence-electron chi connectivity index (χ3n) is 5.47. The Kier molecular flexibility index (Phi) is 5.56. The molecule has 0 fully saturated rings. The molecule has 5 rings (SSSR count). The summed E-state index contributed by atoms with van der Waals surface area (Å²) in [5, 5.41) is 21.3. The van der Waals surface area contributed by atoms with Crippen LogP contribution in [-0.2, 0) is 17.9 Å². The third-order valence-corrected chi connectivity index (χ3v) is 6.38. The Bertz CT molecular complexity index is 1390. The van der Waals surface area contributed by atoms with Crippen molar-refractivity contribution in [2.24, 2.45) is 5.10 Å². The van der Waals surface area contributed by atoms with Crippen LogP contribution in [0.1, 0.15) is 22.9 Å². The highest BCUT2D eigenvalue weighted by Gasteiger charge is 2.33. The molecule has 0 saturated heterocycles. The number of carbonyl (C=O) groups is 1. The maximum atomic E-state index is 13.5. The molecule has 0 bridgehead atoms. The molecule has 3 aromatic heterocycles. The summed E-state index contributed by atoms with van der Waals surface area (Å²) in [5.41, 5.74) is 1.46. The number of aliphatic hydroxyl groups is 1. The average molecular weight is 466 g/mol. The average Bonchev–Trinajstić information content (AvgIpc) is 3.56. The van der Waals surface area contributed by atoms with Crippen LogP contribution >= 0.6 is 11.3 Å². The summed E-state index contributed by atoms with van der Waals surface area (Å²) in [6.07, 6.45) is 3.16. The number of thiophene rings is 1. The fraction of sp³-hybridized carbons (Fsp3) is 0.227. The topological polar surface area (TPSA) is 106 Å². The van der Waals surface area contributed by atoms with Crippen molar-refractivity contribution < 1.29 is 14.3 Å². The summed E-state index contributed by atoms with van der Waals surface area (Å²) in [6.45, 7) is -0.178. The van der Waals surface area contributed by atoms with Gasteiger partial charge in [-0.2, -0.15) is 10.2 Å². The van der Waals surface area contributed by atoms with Crippen LogP contribution in [0.25, 0.3) is 11.0 Å². The second-order valence-corrected chi connectivity index (χ2v) is 8.49. The second kappa shape index (κ2) is 8.68. The van der Waals surface area contributed by atoms with Gasteiger partial charge in [0.2, 0.25) is 0 Å². The molecule has 0 radical (unpaired) electrons. The lowest BCUT2D eigenvalue weighted by atomic mass is 10.0. The predicted octanol–water partition coefficient (Wildman–Crippen LogP) is 2.16. The number of aromatic nitrogens is 4. The Balaban J connectivity index is 1.46. The molecule has 9 nitrogen and oxygen atoms in total. The highest BCUT2D eigenvalue weighted by atomic mass is 32.1. The highest BCUT2D eigenvalue weighted by Crippen LogP contribution is 2.34. The summed E-state index contributed by atoms with van der Waals surface area (Å²) in [4.78, 5) is 31.4. The van der Waals surface area contributed by atoms with Crippen molar-refractivity contribution in [2.45, 2.75) is 25.6 Å².